The maximum Gasteiger partial charge on any atom is 0.191 e. The van der Waals surface area contributed by atoms with E-state index in [1.165, 1.54) is 0 Å². The van der Waals surface area contributed by atoms with Crippen molar-refractivity contribution in [1.82, 2.24) is 4.90 Å². The van der Waals surface area contributed by atoms with Crippen LogP contribution < -0.4 is 5.73 Å². The second-order valence-corrected chi connectivity index (χ2v) is 4.51. The molecule has 1 saturated heterocycles. The first-order valence-electron chi connectivity index (χ1n) is 5.93. The fraction of sp³-hybridized carbons (Fsp3) is 0.909. The summed E-state index contributed by atoms with van der Waals surface area (Å²) in [7, 11) is 1.70. The fourth-order valence-electron chi connectivity index (χ4n) is 2.45. The Morgan fingerprint density at radius 3 is 3.00 bits per heavy atom. The Labute approximate surface area is 96.6 Å². The van der Waals surface area contributed by atoms with Crippen LogP contribution in [0.5, 0.6) is 0 Å². The lowest BCUT2D eigenvalue weighted by Gasteiger charge is -2.30. The number of guanidine groups is 1. The SMILES string of the molecule is COCCN1C(N)=NCC1C1CCC(C)O1. The molecule has 0 aromatic carbocycles. The van der Waals surface area contributed by atoms with E-state index >= 15 is 0 Å². The zero-order valence-corrected chi connectivity index (χ0v) is 10.1. The molecule has 5 nitrogen and oxygen atoms in total. The molecule has 2 aliphatic rings. The fourth-order valence-corrected chi connectivity index (χ4v) is 2.45. The van der Waals surface area contributed by atoms with Crippen molar-refractivity contribution < 1.29 is 9.47 Å². The average molecular weight is 227 g/mol. The number of nitrogens with two attached hydrogens (primary N) is 1. The van der Waals surface area contributed by atoms with Crippen LogP contribution in [0.15, 0.2) is 4.99 Å². The Morgan fingerprint density at radius 2 is 2.38 bits per heavy atom. The lowest BCUT2D eigenvalue weighted by Crippen LogP contribution is -2.48. The largest absolute Gasteiger partial charge is 0.383 e. The third-order valence-electron chi connectivity index (χ3n) is 3.37. The van der Waals surface area contributed by atoms with Gasteiger partial charge >= 0.3 is 0 Å². The van der Waals surface area contributed by atoms with Crippen molar-refractivity contribution in [1.29, 1.82) is 0 Å². The van der Waals surface area contributed by atoms with Crippen LogP contribution in [-0.2, 0) is 9.47 Å². The minimum Gasteiger partial charge on any atom is -0.383 e. The number of hydrogen-bond donors (Lipinski definition) is 1. The van der Waals surface area contributed by atoms with Gasteiger partial charge in [-0.2, -0.15) is 0 Å². The van der Waals surface area contributed by atoms with Crippen LogP contribution in [0.1, 0.15) is 19.8 Å². The Kier molecular flexibility index (Phi) is 3.66. The molecule has 2 heterocycles. The van der Waals surface area contributed by atoms with Gasteiger partial charge in [0.1, 0.15) is 0 Å². The maximum atomic E-state index is 5.89. The summed E-state index contributed by atoms with van der Waals surface area (Å²) in [6.07, 6.45) is 2.89. The molecule has 0 amide bonds. The normalized spacial score (nSPS) is 34.5. The summed E-state index contributed by atoms with van der Waals surface area (Å²) in [4.78, 5) is 6.42. The van der Waals surface area contributed by atoms with Crippen LogP contribution in [-0.4, -0.2) is 55.9 Å². The van der Waals surface area contributed by atoms with Gasteiger partial charge in [0, 0.05) is 13.7 Å². The molecule has 0 aromatic heterocycles. The van der Waals surface area contributed by atoms with Crippen LogP contribution in [0, 0.1) is 0 Å². The lowest BCUT2D eigenvalue weighted by atomic mass is 10.1. The molecule has 16 heavy (non-hydrogen) atoms. The van der Waals surface area contributed by atoms with Gasteiger partial charge in [-0.25, -0.2) is 0 Å². The van der Waals surface area contributed by atoms with E-state index in [1.54, 1.807) is 7.11 Å². The van der Waals surface area contributed by atoms with Gasteiger partial charge in [-0.1, -0.05) is 0 Å². The Hall–Kier alpha value is -0.810. The Morgan fingerprint density at radius 1 is 1.56 bits per heavy atom. The van der Waals surface area contributed by atoms with E-state index in [4.69, 9.17) is 15.2 Å². The Bertz CT molecular complexity index is 270. The summed E-state index contributed by atoms with van der Waals surface area (Å²) in [5.74, 6) is 0.630. The van der Waals surface area contributed by atoms with Crippen molar-refractivity contribution in [3.8, 4) is 0 Å². The molecule has 5 heteroatoms. The quantitative estimate of drug-likeness (QED) is 0.745. The van der Waals surface area contributed by atoms with Crippen molar-refractivity contribution >= 4 is 5.96 Å². The number of rotatable bonds is 4. The van der Waals surface area contributed by atoms with Crippen LogP contribution >= 0.6 is 0 Å². The second kappa shape index (κ2) is 5.01. The van der Waals surface area contributed by atoms with E-state index in [0.29, 0.717) is 24.7 Å². The number of nitrogens with zero attached hydrogens (tertiary/aromatic N) is 2. The van der Waals surface area contributed by atoms with Crippen LogP contribution in [0.3, 0.4) is 0 Å². The van der Waals surface area contributed by atoms with Gasteiger partial charge in [0.25, 0.3) is 0 Å². The summed E-state index contributed by atoms with van der Waals surface area (Å²) in [5, 5.41) is 0. The minimum atomic E-state index is 0.275. The van der Waals surface area contributed by atoms with Crippen molar-refractivity contribution in [3.05, 3.63) is 0 Å². The molecule has 92 valence electrons. The molecule has 3 atom stereocenters. The zero-order valence-electron chi connectivity index (χ0n) is 10.1. The van der Waals surface area contributed by atoms with Crippen LogP contribution in [0.2, 0.25) is 0 Å². The van der Waals surface area contributed by atoms with E-state index in [-0.39, 0.29) is 6.10 Å². The first kappa shape index (κ1) is 11.7. The van der Waals surface area contributed by atoms with E-state index in [1.807, 2.05) is 0 Å². The van der Waals surface area contributed by atoms with Crippen LogP contribution in [0.25, 0.3) is 0 Å². The Balaban J connectivity index is 1.93. The number of aliphatic imine (C=N–C) groups is 1. The summed E-state index contributed by atoms with van der Waals surface area (Å²) in [6.45, 7) is 4.35. The third-order valence-corrected chi connectivity index (χ3v) is 3.37. The highest BCUT2D eigenvalue weighted by atomic mass is 16.5. The molecule has 2 rings (SSSR count). The van der Waals surface area contributed by atoms with Gasteiger partial charge in [0.05, 0.1) is 31.4 Å². The van der Waals surface area contributed by atoms with Gasteiger partial charge in [-0.05, 0) is 19.8 Å². The van der Waals surface area contributed by atoms with Gasteiger partial charge in [0.15, 0.2) is 5.96 Å². The zero-order chi connectivity index (χ0) is 11.5. The highest BCUT2D eigenvalue weighted by Gasteiger charge is 2.36. The first-order valence-corrected chi connectivity index (χ1v) is 5.93. The molecular formula is C11H21N3O2. The smallest absolute Gasteiger partial charge is 0.191 e. The highest BCUT2D eigenvalue weighted by Crippen LogP contribution is 2.26. The maximum absolute atomic E-state index is 5.89. The summed E-state index contributed by atoms with van der Waals surface area (Å²) in [5.41, 5.74) is 5.88. The van der Waals surface area contributed by atoms with Crippen LogP contribution in [0.4, 0.5) is 0 Å². The van der Waals surface area contributed by atoms with Gasteiger partial charge < -0.3 is 20.1 Å². The van der Waals surface area contributed by atoms with Crippen molar-refractivity contribution in [2.45, 2.75) is 38.0 Å². The van der Waals surface area contributed by atoms with Crippen molar-refractivity contribution in [2.75, 3.05) is 26.8 Å². The summed E-state index contributed by atoms with van der Waals surface area (Å²) < 4.78 is 11.0. The highest BCUT2D eigenvalue weighted by molar-refractivity contribution is 5.80. The molecule has 0 aliphatic carbocycles. The second-order valence-electron chi connectivity index (χ2n) is 4.51. The topological polar surface area (TPSA) is 60.1 Å². The molecule has 2 N–H and O–H groups in total. The standard InChI is InChI=1S/C11H21N3O2/c1-8-3-4-10(16-8)9-7-13-11(12)14(9)5-6-15-2/h8-10H,3-7H2,1-2H3,(H2,12,13). The predicted molar refractivity (Wildman–Crippen MR) is 62.4 cm³/mol. The van der Waals surface area contributed by atoms with Crippen molar-refractivity contribution in [3.63, 3.8) is 0 Å². The number of ether oxygens (including phenoxy) is 2. The number of hydrogen-bond acceptors (Lipinski definition) is 5. The van der Waals surface area contributed by atoms with E-state index in [0.717, 1.165) is 25.9 Å². The lowest BCUT2D eigenvalue weighted by molar-refractivity contribution is 0.0133. The molecule has 0 bridgehead atoms. The van der Waals surface area contributed by atoms with Gasteiger partial charge in [0.2, 0.25) is 0 Å². The van der Waals surface area contributed by atoms with Crippen molar-refractivity contribution in [2.24, 2.45) is 10.7 Å². The molecule has 3 unspecified atom stereocenters. The monoisotopic (exact) mass is 227 g/mol. The molecular weight excluding hydrogens is 206 g/mol. The van der Waals surface area contributed by atoms with E-state index < -0.39 is 0 Å². The summed E-state index contributed by atoms with van der Waals surface area (Å²) in [6, 6.07) is 0.306. The summed E-state index contributed by atoms with van der Waals surface area (Å²) >= 11 is 0. The third kappa shape index (κ3) is 2.30. The van der Waals surface area contributed by atoms with E-state index in [9.17, 15) is 0 Å². The minimum absolute atomic E-state index is 0.275. The molecule has 0 radical (unpaired) electrons. The average Bonchev–Trinajstić information content (AvgIpc) is 2.82. The van der Waals surface area contributed by atoms with Gasteiger partial charge in [-0.3, -0.25) is 4.99 Å². The first-order chi connectivity index (χ1) is 7.72. The molecule has 0 saturated carbocycles. The van der Waals surface area contributed by atoms with E-state index in [2.05, 4.69) is 16.8 Å². The molecule has 0 aromatic rings. The molecule has 2 aliphatic heterocycles. The molecule has 1 fully saturated rings. The molecule has 0 spiro atoms. The predicted octanol–water partition coefficient (Wildman–Crippen LogP) is 0.199. The number of methoxy groups -OCH3 is 1. The van der Waals surface area contributed by atoms with Gasteiger partial charge in [-0.15, -0.1) is 0 Å².